The second-order valence-corrected chi connectivity index (χ2v) is 14.4. The number of furan rings is 1. The van der Waals surface area contributed by atoms with E-state index in [9.17, 15) is 0 Å². The van der Waals surface area contributed by atoms with Crippen LogP contribution in [0.15, 0.2) is 211 Å². The van der Waals surface area contributed by atoms with Crippen LogP contribution in [-0.2, 0) is 0 Å². The lowest BCUT2D eigenvalue weighted by atomic mass is 9.99. The van der Waals surface area contributed by atoms with E-state index >= 15 is 0 Å². The molecule has 11 rings (SSSR count). The summed E-state index contributed by atoms with van der Waals surface area (Å²) in [7, 11) is 0. The van der Waals surface area contributed by atoms with Crippen molar-refractivity contribution in [1.29, 1.82) is 0 Å². The van der Waals surface area contributed by atoms with Gasteiger partial charge in [-0.1, -0.05) is 170 Å². The van der Waals surface area contributed by atoms with Gasteiger partial charge in [-0.25, -0.2) is 15.0 Å². The molecule has 5 heteroatoms. The van der Waals surface area contributed by atoms with Crippen LogP contribution in [0.25, 0.3) is 88.8 Å². The Hall–Kier alpha value is -7.89. The number of hydrogen-bond donors (Lipinski definition) is 0. The van der Waals surface area contributed by atoms with Gasteiger partial charge in [0, 0.05) is 44.2 Å². The lowest BCUT2D eigenvalue weighted by molar-refractivity contribution is 0.669. The molecule has 9 aromatic carbocycles. The van der Waals surface area contributed by atoms with E-state index in [-0.39, 0.29) is 0 Å². The Morgan fingerprint density at radius 1 is 0.362 bits per heavy atom. The highest BCUT2D eigenvalue weighted by molar-refractivity contribution is 6.22. The maximum absolute atomic E-state index is 7.08. The summed E-state index contributed by atoms with van der Waals surface area (Å²) in [5.74, 6) is 1.81. The molecule has 5 nitrogen and oxygen atoms in total. The summed E-state index contributed by atoms with van der Waals surface area (Å²) in [5.41, 5.74) is 9.59. The van der Waals surface area contributed by atoms with Crippen molar-refractivity contribution >= 4 is 60.5 Å². The van der Waals surface area contributed by atoms with Crippen molar-refractivity contribution in [1.82, 2.24) is 15.0 Å². The maximum Gasteiger partial charge on any atom is 0.164 e. The monoisotopic (exact) mass is 742 g/mol. The third-order valence-corrected chi connectivity index (χ3v) is 10.9. The lowest BCUT2D eigenvalue weighted by Gasteiger charge is -2.27. The van der Waals surface area contributed by atoms with E-state index < -0.39 is 0 Å². The summed E-state index contributed by atoms with van der Waals surface area (Å²) in [5, 5.41) is 6.45. The van der Waals surface area contributed by atoms with Crippen LogP contribution in [0, 0.1) is 0 Å². The van der Waals surface area contributed by atoms with Crippen molar-refractivity contribution < 1.29 is 4.42 Å². The van der Waals surface area contributed by atoms with Gasteiger partial charge in [0.2, 0.25) is 0 Å². The normalized spacial score (nSPS) is 11.4. The molecule has 0 saturated carbocycles. The molecule has 11 aromatic rings. The molecule has 0 radical (unpaired) electrons. The molecule has 0 bridgehead atoms. The Kier molecular flexibility index (Phi) is 8.07. The molecule has 0 atom stereocenters. The zero-order valence-electron chi connectivity index (χ0n) is 31.3. The minimum atomic E-state index is 0.582. The number of nitrogens with zero attached hydrogens (tertiary/aromatic N) is 4. The first-order valence-electron chi connectivity index (χ1n) is 19.4. The van der Waals surface area contributed by atoms with Crippen LogP contribution in [0.1, 0.15) is 0 Å². The average Bonchev–Trinajstić information content (AvgIpc) is 3.68. The van der Waals surface area contributed by atoms with Crippen LogP contribution in [0.5, 0.6) is 0 Å². The first-order valence-corrected chi connectivity index (χ1v) is 19.4. The number of benzene rings is 9. The molecular formula is C53H34N4O. The molecule has 0 aliphatic carbocycles. The number of aromatic nitrogens is 3. The van der Waals surface area contributed by atoms with Gasteiger partial charge in [0.15, 0.2) is 23.1 Å². The molecule has 0 aliphatic rings. The van der Waals surface area contributed by atoms with Crippen LogP contribution in [0.3, 0.4) is 0 Å². The van der Waals surface area contributed by atoms with E-state index in [1.54, 1.807) is 0 Å². The molecule has 0 fully saturated rings. The predicted octanol–water partition coefficient (Wildman–Crippen LogP) is 14.2. The number of rotatable bonds is 7. The average molecular weight is 743 g/mol. The standard InChI is InChI=1S/C53H34N4O/c1-4-15-35(16-5-1)37-27-30-42(31-28-37)57(43-32-29-36-17-10-11-22-40(36)33-43)49-44-24-13-12-23-41(44)34-46-48-45(25-14-26-47(48)58-50(46)49)53-55-51(38-18-6-2-7-19-38)54-52(56-53)39-20-8-3-9-21-39/h1-34H. The first-order chi connectivity index (χ1) is 28.7. The van der Waals surface area contributed by atoms with Gasteiger partial charge in [-0.3, -0.25) is 0 Å². The molecule has 272 valence electrons. The van der Waals surface area contributed by atoms with Gasteiger partial charge in [0.25, 0.3) is 0 Å². The van der Waals surface area contributed by atoms with Gasteiger partial charge in [-0.15, -0.1) is 0 Å². The van der Waals surface area contributed by atoms with Crippen LogP contribution in [0.4, 0.5) is 17.1 Å². The molecule has 0 amide bonds. The van der Waals surface area contributed by atoms with Crippen molar-refractivity contribution in [3.63, 3.8) is 0 Å². The summed E-state index contributed by atoms with van der Waals surface area (Å²) in [6.07, 6.45) is 0. The Morgan fingerprint density at radius 3 is 1.60 bits per heavy atom. The molecule has 2 aromatic heterocycles. The summed E-state index contributed by atoms with van der Waals surface area (Å²) in [4.78, 5) is 17.6. The van der Waals surface area contributed by atoms with Crippen LogP contribution in [0.2, 0.25) is 0 Å². The van der Waals surface area contributed by atoms with Crippen LogP contribution >= 0.6 is 0 Å². The van der Waals surface area contributed by atoms with E-state index in [0.717, 1.165) is 77.4 Å². The fraction of sp³-hybridized carbons (Fsp3) is 0. The molecule has 0 saturated heterocycles. The molecule has 0 spiro atoms. The van der Waals surface area contributed by atoms with E-state index in [2.05, 4.69) is 138 Å². The quantitative estimate of drug-likeness (QED) is 0.163. The SMILES string of the molecule is c1ccc(-c2ccc(N(c3ccc4ccccc4c3)c3c4ccccc4cc4c3oc3cccc(-c5nc(-c6ccccc6)nc(-c6ccccc6)n5)c34)cc2)cc1. The van der Waals surface area contributed by atoms with Gasteiger partial charge < -0.3 is 9.32 Å². The number of hydrogen-bond acceptors (Lipinski definition) is 5. The van der Waals surface area contributed by atoms with Crippen molar-refractivity contribution in [3.8, 4) is 45.3 Å². The highest BCUT2D eigenvalue weighted by atomic mass is 16.3. The Morgan fingerprint density at radius 2 is 0.914 bits per heavy atom. The van der Waals surface area contributed by atoms with Gasteiger partial charge in [-0.2, -0.15) is 0 Å². The molecule has 58 heavy (non-hydrogen) atoms. The second-order valence-electron chi connectivity index (χ2n) is 14.4. The first kappa shape index (κ1) is 33.4. The Balaban J connectivity index is 1.18. The molecule has 0 N–H and O–H groups in total. The topological polar surface area (TPSA) is 55.1 Å². The Labute approximate surface area is 335 Å². The second kappa shape index (κ2) is 14.0. The molecular weight excluding hydrogens is 709 g/mol. The highest BCUT2D eigenvalue weighted by Gasteiger charge is 2.25. The molecule has 0 unspecified atom stereocenters. The van der Waals surface area contributed by atoms with Gasteiger partial charge in [0.05, 0.1) is 5.69 Å². The fourth-order valence-corrected chi connectivity index (χ4v) is 8.10. The van der Waals surface area contributed by atoms with E-state index in [1.165, 1.54) is 10.9 Å². The van der Waals surface area contributed by atoms with Gasteiger partial charge in [-0.05, 0) is 63.7 Å². The third kappa shape index (κ3) is 5.85. The fourth-order valence-electron chi connectivity index (χ4n) is 8.10. The smallest absolute Gasteiger partial charge is 0.164 e. The zero-order chi connectivity index (χ0) is 38.4. The molecule has 0 aliphatic heterocycles. The van der Waals surface area contributed by atoms with Gasteiger partial charge in [0.1, 0.15) is 5.58 Å². The van der Waals surface area contributed by atoms with Crippen molar-refractivity contribution in [2.75, 3.05) is 4.90 Å². The van der Waals surface area contributed by atoms with Crippen molar-refractivity contribution in [2.24, 2.45) is 0 Å². The third-order valence-electron chi connectivity index (χ3n) is 10.9. The molecule has 2 heterocycles. The summed E-state index contributed by atoms with van der Waals surface area (Å²) < 4.78 is 7.08. The minimum Gasteiger partial charge on any atom is -0.454 e. The lowest BCUT2D eigenvalue weighted by Crippen LogP contribution is -2.11. The van der Waals surface area contributed by atoms with E-state index in [1.807, 2.05) is 72.8 Å². The van der Waals surface area contributed by atoms with Crippen molar-refractivity contribution in [3.05, 3.63) is 206 Å². The summed E-state index contributed by atoms with van der Waals surface area (Å²) >= 11 is 0. The summed E-state index contributed by atoms with van der Waals surface area (Å²) in [6, 6.07) is 71.7. The minimum absolute atomic E-state index is 0.582. The van der Waals surface area contributed by atoms with E-state index in [4.69, 9.17) is 19.4 Å². The predicted molar refractivity (Wildman–Crippen MR) is 239 cm³/mol. The van der Waals surface area contributed by atoms with E-state index in [0.29, 0.717) is 17.5 Å². The zero-order valence-corrected chi connectivity index (χ0v) is 31.3. The maximum atomic E-state index is 7.08. The van der Waals surface area contributed by atoms with Crippen LogP contribution in [-0.4, -0.2) is 15.0 Å². The number of anilines is 3. The summed E-state index contributed by atoms with van der Waals surface area (Å²) in [6.45, 7) is 0. The van der Waals surface area contributed by atoms with Crippen LogP contribution < -0.4 is 4.90 Å². The Bertz CT molecular complexity index is 3210. The van der Waals surface area contributed by atoms with Crippen molar-refractivity contribution in [2.45, 2.75) is 0 Å². The largest absolute Gasteiger partial charge is 0.454 e. The highest BCUT2D eigenvalue weighted by Crippen LogP contribution is 2.48. The van der Waals surface area contributed by atoms with Gasteiger partial charge >= 0.3 is 0 Å². The number of fused-ring (bicyclic) bond motifs is 5.